The Balaban J connectivity index is 1.65. The molecular weight excluding hydrogens is 310 g/mol. The lowest BCUT2D eigenvalue weighted by molar-refractivity contribution is 0.476. The summed E-state index contributed by atoms with van der Waals surface area (Å²) in [6, 6.07) is 2.13. The summed E-state index contributed by atoms with van der Waals surface area (Å²) in [6.07, 6.45) is 7.80. The third kappa shape index (κ3) is 2.57. The molecule has 1 N–H and O–H groups in total. The van der Waals surface area contributed by atoms with Gasteiger partial charge in [-0.3, -0.25) is 4.68 Å². The van der Waals surface area contributed by atoms with Crippen LogP contribution in [0.25, 0.3) is 11.5 Å². The molecule has 0 aliphatic carbocycles. The van der Waals surface area contributed by atoms with E-state index in [1.807, 2.05) is 31.9 Å². The molecule has 8 heteroatoms. The highest BCUT2D eigenvalue weighted by Gasteiger charge is 2.17. The van der Waals surface area contributed by atoms with Crippen molar-refractivity contribution in [2.75, 3.05) is 12.8 Å². The average molecular weight is 329 g/mol. The first-order chi connectivity index (χ1) is 11.3. The number of nitrogens with zero attached hydrogens (tertiary/aromatic N) is 6. The van der Waals surface area contributed by atoms with Gasteiger partial charge in [0.25, 0.3) is 0 Å². The van der Waals surface area contributed by atoms with Gasteiger partial charge in [-0.2, -0.15) is 5.10 Å². The Kier molecular flexibility index (Phi) is 3.70. The van der Waals surface area contributed by atoms with E-state index < -0.39 is 0 Å². The van der Waals surface area contributed by atoms with Crippen LogP contribution in [0.2, 0.25) is 0 Å². The highest BCUT2D eigenvalue weighted by molar-refractivity contribution is 7.98. The summed E-state index contributed by atoms with van der Waals surface area (Å²) in [5.41, 5.74) is 3.30. The second-order valence-electron chi connectivity index (χ2n) is 5.59. The van der Waals surface area contributed by atoms with Crippen molar-refractivity contribution < 1.29 is 0 Å². The molecule has 23 heavy (non-hydrogen) atoms. The van der Waals surface area contributed by atoms with Crippen LogP contribution in [0.15, 0.2) is 29.8 Å². The number of hydrogen-bond acceptors (Lipinski definition) is 5. The zero-order chi connectivity index (χ0) is 15.8. The molecule has 0 fully saturated rings. The van der Waals surface area contributed by atoms with Crippen molar-refractivity contribution in [2.24, 2.45) is 7.05 Å². The summed E-state index contributed by atoms with van der Waals surface area (Å²) in [5.74, 6) is 0.902. The minimum atomic E-state index is 0.736. The monoisotopic (exact) mass is 329 g/mol. The molecular formula is C15H19N7S. The van der Waals surface area contributed by atoms with Crippen molar-refractivity contribution in [3.8, 4) is 11.5 Å². The van der Waals surface area contributed by atoms with Crippen LogP contribution in [0.5, 0.6) is 0 Å². The summed E-state index contributed by atoms with van der Waals surface area (Å²) in [5, 5.41) is 9.09. The fraction of sp³-hybridized carbons (Fsp3) is 0.400. The van der Waals surface area contributed by atoms with Crippen LogP contribution in [-0.2, 0) is 26.7 Å². The molecule has 4 heterocycles. The number of nitrogens with one attached hydrogen (secondary N) is 1. The van der Waals surface area contributed by atoms with E-state index in [2.05, 4.69) is 35.2 Å². The minimum absolute atomic E-state index is 0.736. The van der Waals surface area contributed by atoms with Crippen molar-refractivity contribution in [3.05, 3.63) is 36.0 Å². The van der Waals surface area contributed by atoms with Gasteiger partial charge in [0.15, 0.2) is 11.0 Å². The second-order valence-corrected chi connectivity index (χ2v) is 6.37. The van der Waals surface area contributed by atoms with Gasteiger partial charge in [0.05, 0.1) is 30.7 Å². The Hall–Kier alpha value is -2.06. The molecule has 120 valence electrons. The van der Waals surface area contributed by atoms with Crippen molar-refractivity contribution in [1.29, 1.82) is 0 Å². The fourth-order valence-electron chi connectivity index (χ4n) is 2.91. The Labute approximate surface area is 138 Å². The van der Waals surface area contributed by atoms with Gasteiger partial charge >= 0.3 is 0 Å². The molecule has 0 spiro atoms. The molecule has 0 saturated heterocycles. The minimum Gasteiger partial charge on any atom is -0.324 e. The zero-order valence-corrected chi connectivity index (χ0v) is 14.0. The molecule has 0 unspecified atom stereocenters. The third-order valence-electron chi connectivity index (χ3n) is 4.17. The topological polar surface area (TPSA) is 65.5 Å². The lowest BCUT2D eigenvalue weighted by Gasteiger charge is -2.13. The molecule has 0 bridgehead atoms. The van der Waals surface area contributed by atoms with E-state index in [0.29, 0.717) is 0 Å². The number of aromatic nitrogens is 6. The maximum absolute atomic E-state index is 4.71. The van der Waals surface area contributed by atoms with E-state index in [4.69, 9.17) is 5.10 Å². The van der Waals surface area contributed by atoms with Crippen LogP contribution < -0.4 is 5.32 Å². The highest BCUT2D eigenvalue weighted by Crippen LogP contribution is 2.21. The maximum atomic E-state index is 4.71. The second kappa shape index (κ2) is 5.86. The van der Waals surface area contributed by atoms with E-state index in [0.717, 1.165) is 48.5 Å². The van der Waals surface area contributed by atoms with Crippen LogP contribution in [0.1, 0.15) is 11.4 Å². The third-order valence-corrected chi connectivity index (χ3v) is 4.92. The lowest BCUT2D eigenvalue weighted by atomic mass is 10.3. The number of fused-ring (bicyclic) bond motifs is 1. The zero-order valence-electron chi connectivity index (χ0n) is 13.2. The molecule has 3 aromatic rings. The number of thioether (sulfide) groups is 1. The summed E-state index contributed by atoms with van der Waals surface area (Å²) in [7, 11) is 2.05. The molecule has 0 amide bonds. The van der Waals surface area contributed by atoms with Crippen molar-refractivity contribution in [2.45, 2.75) is 24.8 Å². The number of rotatable bonds is 4. The molecule has 0 aromatic carbocycles. The van der Waals surface area contributed by atoms with Gasteiger partial charge < -0.3 is 14.5 Å². The normalized spacial score (nSPS) is 14.2. The Morgan fingerprint density at radius 1 is 1.35 bits per heavy atom. The standard InChI is InChI=1S/C15H19N7S/c1-20-12(9-18-15(20)23-2)10-21-5-4-17-14(21)13-7-11-8-16-3-6-22(11)19-13/h4-5,7,9,16H,3,6,8,10H2,1-2H3. The summed E-state index contributed by atoms with van der Waals surface area (Å²) in [6.45, 7) is 3.48. The van der Waals surface area contributed by atoms with Gasteiger partial charge in [-0.1, -0.05) is 11.8 Å². The van der Waals surface area contributed by atoms with E-state index in [-0.39, 0.29) is 0 Å². The van der Waals surface area contributed by atoms with Crippen molar-refractivity contribution in [3.63, 3.8) is 0 Å². The van der Waals surface area contributed by atoms with Crippen LogP contribution in [0.4, 0.5) is 0 Å². The van der Waals surface area contributed by atoms with Crippen LogP contribution in [0, 0.1) is 0 Å². The van der Waals surface area contributed by atoms with Gasteiger partial charge in [-0.05, 0) is 12.3 Å². The first-order valence-electron chi connectivity index (χ1n) is 7.60. The van der Waals surface area contributed by atoms with E-state index in [1.165, 1.54) is 5.69 Å². The van der Waals surface area contributed by atoms with E-state index >= 15 is 0 Å². The summed E-state index contributed by atoms with van der Waals surface area (Å²) < 4.78 is 6.32. The largest absolute Gasteiger partial charge is 0.324 e. The van der Waals surface area contributed by atoms with Gasteiger partial charge in [-0.15, -0.1) is 0 Å². The first kappa shape index (κ1) is 14.5. The summed E-state index contributed by atoms with van der Waals surface area (Å²) in [4.78, 5) is 8.95. The molecule has 1 aliphatic rings. The first-order valence-corrected chi connectivity index (χ1v) is 8.82. The van der Waals surface area contributed by atoms with Gasteiger partial charge in [0.2, 0.25) is 0 Å². The van der Waals surface area contributed by atoms with Crippen molar-refractivity contribution >= 4 is 11.8 Å². The van der Waals surface area contributed by atoms with Gasteiger partial charge in [0.1, 0.15) is 5.69 Å². The predicted molar refractivity (Wildman–Crippen MR) is 89.2 cm³/mol. The fourth-order valence-corrected chi connectivity index (χ4v) is 3.46. The van der Waals surface area contributed by atoms with Crippen LogP contribution >= 0.6 is 11.8 Å². The Bertz CT molecular complexity index is 805. The smallest absolute Gasteiger partial charge is 0.167 e. The number of imidazole rings is 2. The summed E-state index contributed by atoms with van der Waals surface area (Å²) >= 11 is 1.65. The van der Waals surface area contributed by atoms with Crippen molar-refractivity contribution in [1.82, 2.24) is 34.2 Å². The lowest BCUT2D eigenvalue weighted by Crippen LogP contribution is -2.28. The average Bonchev–Trinajstić information content (AvgIpc) is 3.26. The van der Waals surface area contributed by atoms with Crippen LogP contribution in [0.3, 0.4) is 0 Å². The molecule has 3 aromatic heterocycles. The predicted octanol–water partition coefficient (Wildman–Crippen LogP) is 1.35. The molecule has 0 saturated carbocycles. The Morgan fingerprint density at radius 2 is 2.26 bits per heavy atom. The SMILES string of the molecule is CSc1ncc(Cn2ccnc2-c2cc3n(n2)CCNC3)n1C. The maximum Gasteiger partial charge on any atom is 0.167 e. The van der Waals surface area contributed by atoms with E-state index in [1.54, 1.807) is 11.8 Å². The molecule has 0 radical (unpaired) electrons. The molecule has 7 nitrogen and oxygen atoms in total. The Morgan fingerprint density at radius 3 is 3.04 bits per heavy atom. The quantitative estimate of drug-likeness (QED) is 0.732. The van der Waals surface area contributed by atoms with Gasteiger partial charge in [0, 0.05) is 32.5 Å². The van der Waals surface area contributed by atoms with E-state index in [9.17, 15) is 0 Å². The highest BCUT2D eigenvalue weighted by atomic mass is 32.2. The van der Waals surface area contributed by atoms with Gasteiger partial charge in [-0.25, -0.2) is 9.97 Å². The molecule has 4 rings (SSSR count). The molecule has 0 atom stereocenters. The number of hydrogen-bond donors (Lipinski definition) is 1. The van der Waals surface area contributed by atoms with Crippen LogP contribution in [-0.4, -0.2) is 41.7 Å². The molecule has 1 aliphatic heterocycles.